The molecule has 0 aromatic heterocycles. The number of anilines is 1. The molecule has 0 saturated heterocycles. The van der Waals surface area contributed by atoms with E-state index >= 15 is 0 Å². The Balaban J connectivity index is 2.58. The quantitative estimate of drug-likeness (QED) is 0.850. The minimum atomic E-state index is 0.00292. The lowest BCUT2D eigenvalue weighted by atomic mass is 9.74. The average molecular weight is 261 g/mol. The van der Waals surface area contributed by atoms with Gasteiger partial charge in [-0.1, -0.05) is 32.9 Å². The number of fused-ring (bicyclic) bond motifs is 1. The predicted octanol–water partition coefficient (Wildman–Crippen LogP) is 3.11. The molecule has 1 unspecified atom stereocenters. The number of rotatable bonds is 3. The number of hydrogen-bond donors (Lipinski definition) is 1. The maximum absolute atomic E-state index is 11.6. The largest absolute Gasteiger partial charge is 0.376 e. The second kappa shape index (κ2) is 4.97. The van der Waals surface area contributed by atoms with E-state index in [9.17, 15) is 9.90 Å². The molecule has 2 rings (SSSR count). The summed E-state index contributed by atoms with van der Waals surface area (Å²) in [6, 6.07) is 6.19. The van der Waals surface area contributed by atoms with Crippen LogP contribution in [0.4, 0.5) is 5.69 Å². The molecule has 19 heavy (non-hydrogen) atoms. The maximum atomic E-state index is 11.6. The zero-order valence-corrected chi connectivity index (χ0v) is 12.2. The molecule has 0 spiro atoms. The van der Waals surface area contributed by atoms with Crippen molar-refractivity contribution in [2.75, 3.05) is 11.6 Å². The highest BCUT2D eigenvalue weighted by atomic mass is 16.3. The summed E-state index contributed by atoms with van der Waals surface area (Å²) in [7, 11) is 0. The molecule has 0 bridgehead atoms. The van der Waals surface area contributed by atoms with E-state index in [1.165, 1.54) is 5.56 Å². The zero-order valence-electron chi connectivity index (χ0n) is 12.2. The van der Waals surface area contributed by atoms with Gasteiger partial charge in [-0.3, -0.25) is 4.79 Å². The van der Waals surface area contributed by atoms with Crippen molar-refractivity contribution < 1.29 is 9.90 Å². The predicted molar refractivity (Wildman–Crippen MR) is 77.7 cm³/mol. The average Bonchev–Trinajstić information content (AvgIpc) is 2.37. The first kappa shape index (κ1) is 14.1. The Labute approximate surface area is 115 Å². The fourth-order valence-corrected chi connectivity index (χ4v) is 3.12. The molecular weight excluding hydrogens is 238 g/mol. The van der Waals surface area contributed by atoms with Crippen molar-refractivity contribution in [3.8, 4) is 0 Å². The van der Waals surface area contributed by atoms with Crippen molar-refractivity contribution >= 4 is 11.5 Å². The van der Waals surface area contributed by atoms with Crippen LogP contribution in [0.1, 0.15) is 56.5 Å². The third-order valence-corrected chi connectivity index (χ3v) is 4.25. The number of benzene rings is 1. The summed E-state index contributed by atoms with van der Waals surface area (Å²) >= 11 is 0. The van der Waals surface area contributed by atoms with Crippen LogP contribution in [0, 0.1) is 0 Å². The first-order valence-electron chi connectivity index (χ1n) is 6.93. The highest BCUT2D eigenvalue weighted by Gasteiger charge is 2.36. The molecule has 3 nitrogen and oxygen atoms in total. The van der Waals surface area contributed by atoms with Crippen LogP contribution < -0.4 is 4.90 Å². The van der Waals surface area contributed by atoms with Crippen LogP contribution in [0.15, 0.2) is 18.2 Å². The zero-order chi connectivity index (χ0) is 14.2. The first-order chi connectivity index (χ1) is 8.90. The molecule has 3 heteroatoms. The summed E-state index contributed by atoms with van der Waals surface area (Å²) in [6.45, 7) is 8.19. The van der Waals surface area contributed by atoms with Gasteiger partial charge in [-0.15, -0.1) is 0 Å². The summed E-state index contributed by atoms with van der Waals surface area (Å²) in [6.07, 6.45) is 2.02. The van der Waals surface area contributed by atoms with Crippen molar-refractivity contribution in [2.24, 2.45) is 0 Å². The summed E-state index contributed by atoms with van der Waals surface area (Å²) in [5.74, 6) is 0.0668. The van der Waals surface area contributed by atoms with Gasteiger partial charge in [0.2, 0.25) is 0 Å². The first-order valence-corrected chi connectivity index (χ1v) is 6.93. The summed E-state index contributed by atoms with van der Waals surface area (Å²) in [5, 5.41) is 9.68. The molecular formula is C16H23NO2. The smallest absolute Gasteiger partial charge is 0.159 e. The lowest BCUT2D eigenvalue weighted by molar-refractivity contribution is 0.101. The van der Waals surface area contributed by atoms with Gasteiger partial charge in [-0.05, 0) is 36.8 Å². The minimum absolute atomic E-state index is 0.00292. The van der Waals surface area contributed by atoms with E-state index in [0.717, 1.165) is 18.5 Å². The van der Waals surface area contributed by atoms with Crippen LogP contribution in [-0.4, -0.2) is 23.7 Å². The monoisotopic (exact) mass is 261 g/mol. The number of carbonyl (C=O) groups is 1. The highest BCUT2D eigenvalue weighted by molar-refractivity contribution is 5.95. The number of nitrogens with zero attached hydrogens (tertiary/aromatic N) is 1. The van der Waals surface area contributed by atoms with Crippen LogP contribution in [0.2, 0.25) is 0 Å². The van der Waals surface area contributed by atoms with Crippen LogP contribution >= 0.6 is 0 Å². The molecule has 1 aliphatic rings. The molecule has 1 atom stereocenters. The SMILES string of the molecule is CCC1CC(C)(C)c2ccc(C(C)=O)cc2N1CO. The molecule has 1 aromatic rings. The van der Waals surface area contributed by atoms with Crippen LogP contribution in [-0.2, 0) is 5.41 Å². The van der Waals surface area contributed by atoms with Gasteiger partial charge in [-0.25, -0.2) is 0 Å². The molecule has 1 aromatic carbocycles. The fourth-order valence-electron chi connectivity index (χ4n) is 3.12. The molecule has 1 heterocycles. The van der Waals surface area contributed by atoms with Crippen molar-refractivity contribution in [3.63, 3.8) is 0 Å². The van der Waals surface area contributed by atoms with E-state index in [0.29, 0.717) is 11.6 Å². The molecule has 1 aliphatic heterocycles. The van der Waals surface area contributed by atoms with Gasteiger partial charge >= 0.3 is 0 Å². The van der Waals surface area contributed by atoms with E-state index in [-0.39, 0.29) is 17.9 Å². The van der Waals surface area contributed by atoms with Gasteiger partial charge < -0.3 is 10.0 Å². The topological polar surface area (TPSA) is 40.5 Å². The third-order valence-electron chi connectivity index (χ3n) is 4.25. The fraction of sp³-hybridized carbons (Fsp3) is 0.562. The number of carbonyl (C=O) groups excluding carboxylic acids is 1. The van der Waals surface area contributed by atoms with E-state index in [1.807, 2.05) is 23.1 Å². The Hall–Kier alpha value is -1.35. The van der Waals surface area contributed by atoms with Crippen LogP contribution in [0.25, 0.3) is 0 Å². The minimum Gasteiger partial charge on any atom is -0.376 e. The van der Waals surface area contributed by atoms with E-state index in [2.05, 4.69) is 20.8 Å². The Morgan fingerprint density at radius 2 is 2.16 bits per heavy atom. The van der Waals surface area contributed by atoms with Crippen molar-refractivity contribution in [2.45, 2.75) is 52.0 Å². The highest BCUT2D eigenvalue weighted by Crippen LogP contribution is 2.43. The van der Waals surface area contributed by atoms with Crippen LogP contribution in [0.5, 0.6) is 0 Å². The van der Waals surface area contributed by atoms with Gasteiger partial charge in [0.05, 0.1) is 0 Å². The van der Waals surface area contributed by atoms with Crippen molar-refractivity contribution in [3.05, 3.63) is 29.3 Å². The number of Topliss-reactive ketones (excluding diaryl/α,β-unsaturated/α-hetero) is 1. The van der Waals surface area contributed by atoms with Gasteiger partial charge in [-0.2, -0.15) is 0 Å². The molecule has 0 amide bonds. The number of aliphatic hydroxyl groups excluding tert-OH is 1. The summed E-state index contributed by atoms with van der Waals surface area (Å²) in [4.78, 5) is 13.6. The number of aliphatic hydroxyl groups is 1. The van der Waals surface area contributed by atoms with Crippen molar-refractivity contribution in [1.29, 1.82) is 0 Å². The van der Waals surface area contributed by atoms with Gasteiger partial charge in [0.15, 0.2) is 5.78 Å². The van der Waals surface area contributed by atoms with E-state index in [1.54, 1.807) is 6.92 Å². The third kappa shape index (κ3) is 2.39. The van der Waals surface area contributed by atoms with Crippen LogP contribution in [0.3, 0.4) is 0 Å². The number of hydrogen-bond acceptors (Lipinski definition) is 3. The Morgan fingerprint density at radius 3 is 2.68 bits per heavy atom. The van der Waals surface area contributed by atoms with Gasteiger partial charge in [0.1, 0.15) is 6.73 Å². The van der Waals surface area contributed by atoms with Crippen molar-refractivity contribution in [1.82, 2.24) is 0 Å². The summed E-state index contributed by atoms with van der Waals surface area (Å²) < 4.78 is 0. The molecule has 0 saturated carbocycles. The van der Waals surface area contributed by atoms with E-state index < -0.39 is 0 Å². The molecule has 0 radical (unpaired) electrons. The summed E-state index contributed by atoms with van der Waals surface area (Å²) in [5.41, 5.74) is 3.02. The molecule has 104 valence electrons. The van der Waals surface area contributed by atoms with E-state index in [4.69, 9.17) is 0 Å². The number of ketones is 1. The second-order valence-electron chi connectivity index (χ2n) is 6.05. The standard InChI is InChI=1S/C16H23NO2/c1-5-13-9-16(3,4)14-7-6-12(11(2)19)8-15(14)17(13)10-18/h6-8,13,18H,5,9-10H2,1-4H3. The lowest BCUT2D eigenvalue weighted by Crippen LogP contribution is -2.45. The second-order valence-corrected chi connectivity index (χ2v) is 6.05. The Bertz CT molecular complexity index is 494. The van der Waals surface area contributed by atoms with Gasteiger partial charge in [0, 0.05) is 17.3 Å². The maximum Gasteiger partial charge on any atom is 0.159 e. The van der Waals surface area contributed by atoms with Gasteiger partial charge in [0.25, 0.3) is 0 Å². The Kier molecular flexibility index (Phi) is 3.68. The molecule has 0 aliphatic carbocycles. The normalized spacial score (nSPS) is 21.1. The lowest BCUT2D eigenvalue weighted by Gasteiger charge is -2.45. The molecule has 1 N–H and O–H groups in total. The molecule has 0 fully saturated rings. The Morgan fingerprint density at radius 1 is 1.47 bits per heavy atom.